The van der Waals surface area contributed by atoms with E-state index in [4.69, 9.17) is 4.74 Å². The third kappa shape index (κ3) is 4.82. The minimum atomic E-state index is -0.570. The zero-order valence-corrected chi connectivity index (χ0v) is 19.8. The molecule has 3 heterocycles. The van der Waals surface area contributed by atoms with Crippen LogP contribution in [0.2, 0.25) is 0 Å². The van der Waals surface area contributed by atoms with Gasteiger partial charge in [-0.25, -0.2) is 14.2 Å². The maximum absolute atomic E-state index is 13.6. The van der Waals surface area contributed by atoms with Gasteiger partial charge in [-0.3, -0.25) is 9.89 Å². The van der Waals surface area contributed by atoms with E-state index in [2.05, 4.69) is 25.5 Å². The lowest BCUT2D eigenvalue weighted by atomic mass is 10.0. The number of fused-ring (bicyclic) bond motifs is 2. The number of amides is 2. The van der Waals surface area contributed by atoms with Gasteiger partial charge in [0.05, 0.1) is 16.6 Å². The van der Waals surface area contributed by atoms with Crippen molar-refractivity contribution in [1.82, 2.24) is 30.4 Å². The van der Waals surface area contributed by atoms with E-state index >= 15 is 0 Å². The Hall–Kier alpha value is -3.95. The molecule has 2 aromatic carbocycles. The Morgan fingerprint density at radius 2 is 2.00 bits per heavy atom. The minimum Gasteiger partial charge on any atom is -0.444 e. The molecule has 182 valence electrons. The third-order valence-corrected chi connectivity index (χ3v) is 5.90. The van der Waals surface area contributed by atoms with Crippen LogP contribution in [0.5, 0.6) is 0 Å². The highest BCUT2D eigenvalue weighted by Crippen LogP contribution is 2.27. The Morgan fingerprint density at radius 3 is 2.80 bits per heavy atom. The highest BCUT2D eigenvalue weighted by Gasteiger charge is 2.28. The van der Waals surface area contributed by atoms with E-state index < -0.39 is 5.60 Å². The number of H-pyrrole nitrogens is 2. The number of carbonyl (C=O) groups is 2. The molecule has 4 aromatic rings. The molecule has 0 spiro atoms. The highest BCUT2D eigenvalue weighted by molar-refractivity contribution is 6.01. The van der Waals surface area contributed by atoms with Gasteiger partial charge in [-0.2, -0.15) is 5.10 Å². The molecule has 1 aliphatic heterocycles. The molecule has 1 aliphatic rings. The molecule has 1 fully saturated rings. The summed E-state index contributed by atoms with van der Waals surface area (Å²) < 4.78 is 19.0. The van der Waals surface area contributed by atoms with Gasteiger partial charge in [-0.05, 0) is 70.0 Å². The number of hydrogen-bond acceptors (Lipinski definition) is 5. The van der Waals surface area contributed by atoms with E-state index in [1.807, 2.05) is 20.8 Å². The molecule has 35 heavy (non-hydrogen) atoms. The Kier molecular flexibility index (Phi) is 5.66. The first-order valence-electron chi connectivity index (χ1n) is 11.6. The van der Waals surface area contributed by atoms with Crippen LogP contribution in [0.3, 0.4) is 0 Å². The molecule has 0 bridgehead atoms. The van der Waals surface area contributed by atoms with Crippen LogP contribution in [-0.4, -0.2) is 61.8 Å². The average molecular weight is 479 g/mol. The van der Waals surface area contributed by atoms with Crippen molar-refractivity contribution in [2.24, 2.45) is 0 Å². The average Bonchev–Trinajstić information content (AvgIpc) is 3.41. The topological polar surface area (TPSA) is 116 Å². The van der Waals surface area contributed by atoms with Crippen molar-refractivity contribution in [2.45, 2.75) is 45.3 Å². The molecular formula is C25H27FN6O3. The van der Waals surface area contributed by atoms with Gasteiger partial charge in [0, 0.05) is 30.1 Å². The fourth-order valence-corrected chi connectivity index (χ4v) is 4.29. The molecule has 10 heteroatoms. The molecular weight excluding hydrogens is 451 g/mol. The van der Waals surface area contributed by atoms with Crippen LogP contribution < -0.4 is 5.32 Å². The van der Waals surface area contributed by atoms with E-state index in [0.29, 0.717) is 41.2 Å². The van der Waals surface area contributed by atoms with Crippen LogP contribution in [0.1, 0.15) is 44.0 Å². The smallest absolute Gasteiger partial charge is 0.410 e. The number of halogens is 1. The summed E-state index contributed by atoms with van der Waals surface area (Å²) in [7, 11) is 0. The second kappa shape index (κ2) is 8.68. The molecule has 0 radical (unpaired) electrons. The van der Waals surface area contributed by atoms with E-state index in [0.717, 1.165) is 23.7 Å². The second-order valence-corrected chi connectivity index (χ2v) is 9.82. The summed E-state index contributed by atoms with van der Waals surface area (Å²) in [5.41, 5.74) is 2.38. The Labute approximate surface area is 201 Å². The van der Waals surface area contributed by atoms with Crippen molar-refractivity contribution >= 4 is 33.9 Å². The van der Waals surface area contributed by atoms with Crippen molar-refractivity contribution in [3.63, 3.8) is 0 Å². The van der Waals surface area contributed by atoms with Crippen LogP contribution in [-0.2, 0) is 4.74 Å². The highest BCUT2D eigenvalue weighted by atomic mass is 19.1. The summed E-state index contributed by atoms with van der Waals surface area (Å²) in [6.45, 7) is 6.50. The van der Waals surface area contributed by atoms with Crippen LogP contribution in [0.15, 0.2) is 36.4 Å². The van der Waals surface area contributed by atoms with Crippen LogP contribution in [0.4, 0.5) is 9.18 Å². The van der Waals surface area contributed by atoms with E-state index in [1.54, 1.807) is 29.2 Å². The van der Waals surface area contributed by atoms with E-state index in [1.165, 1.54) is 12.1 Å². The molecule has 1 atom stereocenters. The summed E-state index contributed by atoms with van der Waals surface area (Å²) in [6, 6.07) is 9.43. The van der Waals surface area contributed by atoms with Gasteiger partial charge in [0.2, 0.25) is 0 Å². The molecule has 1 saturated heterocycles. The predicted molar refractivity (Wildman–Crippen MR) is 129 cm³/mol. The number of nitrogens with zero attached hydrogens (tertiary/aromatic N) is 3. The number of hydrogen-bond donors (Lipinski definition) is 3. The van der Waals surface area contributed by atoms with Gasteiger partial charge in [-0.15, -0.1) is 0 Å². The number of likely N-dealkylation sites (tertiary alicyclic amines) is 1. The zero-order chi connectivity index (χ0) is 24.7. The molecule has 2 amide bonds. The van der Waals surface area contributed by atoms with E-state index in [9.17, 15) is 14.0 Å². The van der Waals surface area contributed by atoms with Gasteiger partial charge in [0.1, 0.15) is 17.1 Å². The van der Waals surface area contributed by atoms with Gasteiger partial charge >= 0.3 is 6.09 Å². The fraction of sp³-hybridized carbons (Fsp3) is 0.360. The largest absolute Gasteiger partial charge is 0.444 e. The van der Waals surface area contributed by atoms with Crippen molar-refractivity contribution in [1.29, 1.82) is 0 Å². The molecule has 0 aliphatic carbocycles. The first-order valence-corrected chi connectivity index (χ1v) is 11.6. The number of aromatic amines is 2. The van der Waals surface area contributed by atoms with Crippen molar-refractivity contribution in [3.05, 3.63) is 47.8 Å². The Balaban J connectivity index is 1.34. The lowest BCUT2D eigenvalue weighted by Crippen LogP contribution is -2.50. The summed E-state index contributed by atoms with van der Waals surface area (Å²) in [5.74, 6) is -0.108. The second-order valence-electron chi connectivity index (χ2n) is 9.82. The number of rotatable bonds is 3. The zero-order valence-electron chi connectivity index (χ0n) is 19.8. The SMILES string of the molecule is CC(C)(C)OC(=O)N1CCC[C@@H](NC(=O)c2ccc3[nH]nc(-c4nc5ccc(F)cc5[nH]4)c3c2)C1. The molecule has 0 unspecified atom stereocenters. The van der Waals surface area contributed by atoms with E-state index in [-0.39, 0.29) is 23.9 Å². The Morgan fingerprint density at radius 1 is 1.17 bits per heavy atom. The maximum Gasteiger partial charge on any atom is 0.410 e. The lowest BCUT2D eigenvalue weighted by Gasteiger charge is -2.34. The third-order valence-electron chi connectivity index (χ3n) is 5.90. The summed E-state index contributed by atoms with van der Waals surface area (Å²) in [5, 5.41) is 11.1. The van der Waals surface area contributed by atoms with Gasteiger partial charge in [0.15, 0.2) is 5.82 Å². The number of piperidine rings is 1. The number of nitrogens with one attached hydrogen (secondary N) is 3. The predicted octanol–water partition coefficient (Wildman–Crippen LogP) is 4.37. The molecule has 5 rings (SSSR count). The van der Waals surface area contributed by atoms with Crippen LogP contribution in [0, 0.1) is 5.82 Å². The number of aromatic nitrogens is 4. The van der Waals surface area contributed by atoms with Crippen LogP contribution in [0.25, 0.3) is 33.5 Å². The monoisotopic (exact) mass is 478 g/mol. The molecule has 3 N–H and O–H groups in total. The first kappa shape index (κ1) is 22.8. The molecule has 0 saturated carbocycles. The number of carbonyl (C=O) groups excluding carboxylic acids is 2. The first-order chi connectivity index (χ1) is 16.7. The van der Waals surface area contributed by atoms with Crippen molar-refractivity contribution < 1.29 is 18.7 Å². The number of imidazole rings is 1. The summed E-state index contributed by atoms with van der Waals surface area (Å²) in [6.07, 6.45) is 1.19. The molecule has 2 aromatic heterocycles. The van der Waals surface area contributed by atoms with Gasteiger partial charge in [-0.1, -0.05) is 0 Å². The van der Waals surface area contributed by atoms with Gasteiger partial charge < -0.3 is 19.9 Å². The van der Waals surface area contributed by atoms with Crippen molar-refractivity contribution in [3.8, 4) is 11.5 Å². The Bertz CT molecular complexity index is 1420. The fourth-order valence-electron chi connectivity index (χ4n) is 4.29. The lowest BCUT2D eigenvalue weighted by molar-refractivity contribution is 0.0185. The normalized spacial score (nSPS) is 16.6. The van der Waals surface area contributed by atoms with Gasteiger partial charge in [0.25, 0.3) is 5.91 Å². The minimum absolute atomic E-state index is 0.173. The summed E-state index contributed by atoms with van der Waals surface area (Å²) in [4.78, 5) is 34.8. The number of ether oxygens (including phenoxy) is 1. The molecule has 9 nitrogen and oxygen atoms in total. The standard InChI is InChI=1S/C25H27FN6O3/c1-25(2,3)35-24(34)32-10-4-5-16(13-32)27-23(33)14-6-8-18-17(11-14)21(31-30-18)22-28-19-9-7-15(26)12-20(19)29-22/h6-9,11-12,16H,4-5,10,13H2,1-3H3,(H,27,33)(H,28,29)(H,30,31)/t16-/m1/s1. The maximum atomic E-state index is 13.6. The number of benzene rings is 2. The summed E-state index contributed by atoms with van der Waals surface area (Å²) >= 11 is 0. The van der Waals surface area contributed by atoms with Crippen LogP contribution >= 0.6 is 0 Å². The quantitative estimate of drug-likeness (QED) is 0.404. The van der Waals surface area contributed by atoms with Crippen molar-refractivity contribution in [2.75, 3.05) is 13.1 Å².